The van der Waals surface area contributed by atoms with Crippen molar-refractivity contribution in [1.82, 2.24) is 9.97 Å². The Bertz CT molecular complexity index is 585. The van der Waals surface area contributed by atoms with Gasteiger partial charge in [-0.3, -0.25) is 0 Å². The van der Waals surface area contributed by atoms with Crippen molar-refractivity contribution in [3.05, 3.63) is 34.5 Å². The summed E-state index contributed by atoms with van der Waals surface area (Å²) in [5, 5.41) is 11.9. The van der Waals surface area contributed by atoms with E-state index < -0.39 is 0 Å². The van der Waals surface area contributed by atoms with Crippen LogP contribution in [0.25, 0.3) is 0 Å². The van der Waals surface area contributed by atoms with E-state index in [4.69, 9.17) is 5.26 Å². The van der Waals surface area contributed by atoms with Crippen LogP contribution in [0.15, 0.2) is 27.0 Å². The third kappa shape index (κ3) is 2.06. The van der Waals surface area contributed by atoms with E-state index >= 15 is 0 Å². The lowest BCUT2D eigenvalue weighted by Crippen LogP contribution is -1.94. The van der Waals surface area contributed by atoms with Gasteiger partial charge in [0.15, 0.2) is 4.34 Å². The van der Waals surface area contributed by atoms with Gasteiger partial charge in [0.2, 0.25) is 0 Å². The quantitative estimate of drug-likeness (QED) is 0.831. The zero-order chi connectivity index (χ0) is 11.7. The van der Waals surface area contributed by atoms with E-state index in [0.29, 0.717) is 5.56 Å². The molecule has 0 amide bonds. The van der Waals surface area contributed by atoms with E-state index in [2.05, 4.69) is 16.0 Å². The number of aromatic nitrogens is 2. The predicted molar refractivity (Wildman–Crippen MR) is 67.2 cm³/mol. The van der Waals surface area contributed by atoms with Crippen LogP contribution in [0.5, 0.6) is 0 Å². The Morgan fingerprint density at radius 1 is 1.41 bits per heavy atom. The molecule has 0 bridgehead atoms. The average Bonchev–Trinajstić information content (AvgIpc) is 2.98. The maximum absolute atomic E-state index is 9.16. The minimum atomic E-state index is 0.672. The molecule has 2 heterocycles. The van der Waals surface area contributed by atoms with Gasteiger partial charge in [-0.25, -0.2) is 9.97 Å². The Kier molecular flexibility index (Phi) is 2.83. The number of hydrogen-bond donors (Lipinski definition) is 0. The smallest absolute Gasteiger partial charge is 0.156 e. The van der Waals surface area contributed by atoms with Crippen molar-refractivity contribution < 1.29 is 0 Å². The van der Waals surface area contributed by atoms with Crippen LogP contribution in [0.1, 0.15) is 23.2 Å². The van der Waals surface area contributed by atoms with Crippen LogP contribution < -0.4 is 0 Å². The van der Waals surface area contributed by atoms with E-state index in [9.17, 15) is 0 Å². The highest BCUT2D eigenvalue weighted by molar-refractivity contribution is 8.01. The molecule has 2 aromatic heterocycles. The normalized spacial score (nSPS) is 13.4. The summed E-state index contributed by atoms with van der Waals surface area (Å²) in [5.74, 6) is 0. The highest BCUT2D eigenvalue weighted by Gasteiger charge is 2.17. The lowest BCUT2D eigenvalue weighted by molar-refractivity contribution is 0.891. The van der Waals surface area contributed by atoms with Crippen molar-refractivity contribution in [2.75, 3.05) is 0 Å². The van der Waals surface area contributed by atoms with E-state index in [1.54, 1.807) is 17.5 Å². The molecule has 0 saturated heterocycles. The molecule has 0 N–H and O–H groups in total. The molecule has 0 saturated carbocycles. The van der Waals surface area contributed by atoms with Crippen LogP contribution in [0.3, 0.4) is 0 Å². The summed E-state index contributed by atoms with van der Waals surface area (Å²) < 4.78 is 0.937. The van der Waals surface area contributed by atoms with Crippen LogP contribution in [0.4, 0.5) is 0 Å². The number of rotatable bonds is 2. The number of pyridine rings is 1. The third-order valence-electron chi connectivity index (χ3n) is 2.73. The summed E-state index contributed by atoms with van der Waals surface area (Å²) in [5.41, 5.74) is 3.07. The molecule has 0 aromatic carbocycles. The molecule has 1 aliphatic rings. The zero-order valence-corrected chi connectivity index (χ0v) is 10.6. The predicted octanol–water partition coefficient (Wildman–Crippen LogP) is 3.05. The molecule has 3 nitrogen and oxygen atoms in total. The Labute approximate surface area is 108 Å². The van der Waals surface area contributed by atoms with E-state index in [1.807, 2.05) is 11.4 Å². The molecule has 0 fully saturated rings. The molecule has 0 radical (unpaired) electrons. The molecule has 0 unspecified atom stereocenters. The summed E-state index contributed by atoms with van der Waals surface area (Å²) in [6.45, 7) is 0. The van der Waals surface area contributed by atoms with Gasteiger partial charge in [0.25, 0.3) is 0 Å². The van der Waals surface area contributed by atoms with Gasteiger partial charge >= 0.3 is 0 Å². The lowest BCUT2D eigenvalue weighted by Gasteiger charge is -2.04. The zero-order valence-electron chi connectivity index (χ0n) is 9.01. The van der Waals surface area contributed by atoms with Gasteiger partial charge in [-0.05, 0) is 42.7 Å². The molecular formula is C12H9N3S2. The van der Waals surface area contributed by atoms with Gasteiger partial charge < -0.3 is 0 Å². The van der Waals surface area contributed by atoms with E-state index in [0.717, 1.165) is 34.3 Å². The van der Waals surface area contributed by atoms with Crippen LogP contribution in [-0.4, -0.2) is 9.97 Å². The molecule has 84 valence electrons. The Balaban J connectivity index is 2.01. The number of fused-ring (bicyclic) bond motifs is 1. The van der Waals surface area contributed by atoms with Gasteiger partial charge in [0.1, 0.15) is 11.1 Å². The summed E-state index contributed by atoms with van der Waals surface area (Å²) >= 11 is 3.06. The molecule has 0 aliphatic heterocycles. The van der Waals surface area contributed by atoms with Gasteiger partial charge in [0, 0.05) is 17.3 Å². The average molecular weight is 259 g/mol. The highest BCUT2D eigenvalue weighted by atomic mass is 32.2. The fourth-order valence-corrected chi connectivity index (χ4v) is 3.56. The molecular weight excluding hydrogens is 250 g/mol. The summed E-state index contributed by atoms with van der Waals surface area (Å²) in [4.78, 5) is 8.82. The topological polar surface area (TPSA) is 49.6 Å². The summed E-state index contributed by atoms with van der Waals surface area (Å²) in [6.07, 6.45) is 5.01. The van der Waals surface area contributed by atoms with Crippen molar-refractivity contribution in [2.45, 2.75) is 28.6 Å². The molecule has 5 heteroatoms. The van der Waals surface area contributed by atoms with Crippen molar-refractivity contribution in [3.63, 3.8) is 0 Å². The number of nitriles is 1. The highest BCUT2D eigenvalue weighted by Crippen LogP contribution is 2.33. The largest absolute Gasteiger partial charge is 0.244 e. The standard InChI is InChI=1S/C12H9N3S2/c13-7-9-6-8-2-1-3-10(8)15-11(9)17-12-14-4-5-16-12/h4-6H,1-3H2. The van der Waals surface area contributed by atoms with Crippen molar-refractivity contribution in [1.29, 1.82) is 5.26 Å². The van der Waals surface area contributed by atoms with Crippen LogP contribution in [0, 0.1) is 11.3 Å². The number of hydrogen-bond acceptors (Lipinski definition) is 5. The van der Waals surface area contributed by atoms with Gasteiger partial charge in [-0.1, -0.05) is 0 Å². The van der Waals surface area contributed by atoms with Gasteiger partial charge in [-0.15, -0.1) is 11.3 Å². The minimum absolute atomic E-state index is 0.672. The Hall–Kier alpha value is -1.38. The van der Waals surface area contributed by atoms with E-state index in [-0.39, 0.29) is 0 Å². The van der Waals surface area contributed by atoms with Gasteiger partial charge in [0.05, 0.1) is 5.56 Å². The van der Waals surface area contributed by atoms with Crippen LogP contribution in [-0.2, 0) is 12.8 Å². The van der Waals surface area contributed by atoms with E-state index in [1.165, 1.54) is 17.3 Å². The first-order chi connectivity index (χ1) is 8.36. The third-order valence-corrected chi connectivity index (χ3v) is 4.62. The number of aryl methyl sites for hydroxylation is 2. The lowest BCUT2D eigenvalue weighted by atomic mass is 10.2. The second kappa shape index (κ2) is 4.47. The second-order valence-corrected chi connectivity index (χ2v) is 5.94. The molecule has 3 rings (SSSR count). The first kappa shape index (κ1) is 10.8. The number of nitrogens with zero attached hydrogens (tertiary/aromatic N) is 3. The molecule has 2 aromatic rings. The first-order valence-electron chi connectivity index (χ1n) is 5.37. The van der Waals surface area contributed by atoms with Gasteiger partial charge in [-0.2, -0.15) is 5.26 Å². The first-order valence-corrected chi connectivity index (χ1v) is 7.06. The van der Waals surface area contributed by atoms with Crippen molar-refractivity contribution in [3.8, 4) is 6.07 Å². The Morgan fingerprint density at radius 3 is 3.12 bits per heavy atom. The number of thiazole rings is 1. The second-order valence-electron chi connectivity index (χ2n) is 3.81. The van der Waals surface area contributed by atoms with Crippen LogP contribution >= 0.6 is 23.1 Å². The van der Waals surface area contributed by atoms with Crippen molar-refractivity contribution in [2.24, 2.45) is 0 Å². The molecule has 0 spiro atoms. The summed E-state index contributed by atoms with van der Waals surface area (Å²) in [6, 6.07) is 4.22. The van der Waals surface area contributed by atoms with Crippen molar-refractivity contribution >= 4 is 23.1 Å². The van der Waals surface area contributed by atoms with Crippen LogP contribution in [0.2, 0.25) is 0 Å². The fraction of sp³-hybridized carbons (Fsp3) is 0.250. The minimum Gasteiger partial charge on any atom is -0.244 e. The SMILES string of the molecule is N#Cc1cc2c(nc1Sc1nccs1)CCC2. The maximum Gasteiger partial charge on any atom is 0.156 e. The molecule has 17 heavy (non-hydrogen) atoms. The fourth-order valence-electron chi connectivity index (χ4n) is 1.95. The maximum atomic E-state index is 9.16. The molecule has 0 atom stereocenters. The molecule has 1 aliphatic carbocycles. The monoisotopic (exact) mass is 259 g/mol. The summed E-state index contributed by atoms with van der Waals surface area (Å²) in [7, 11) is 0. The Morgan fingerprint density at radius 2 is 2.35 bits per heavy atom.